The molecule has 0 aromatic carbocycles. The van der Waals surface area contributed by atoms with Crippen molar-refractivity contribution in [3.63, 3.8) is 0 Å². The van der Waals surface area contributed by atoms with Gasteiger partial charge >= 0.3 is 0 Å². The van der Waals surface area contributed by atoms with Crippen LogP contribution in [0.3, 0.4) is 0 Å². The van der Waals surface area contributed by atoms with Gasteiger partial charge in [0.1, 0.15) is 0 Å². The lowest BCUT2D eigenvalue weighted by Gasteiger charge is -2.35. The Kier molecular flexibility index (Phi) is 3.74. The van der Waals surface area contributed by atoms with E-state index in [0.717, 1.165) is 18.8 Å². The van der Waals surface area contributed by atoms with E-state index in [1.165, 1.54) is 12.8 Å². The number of nitrogens with one attached hydrogen (secondary N) is 1. The monoisotopic (exact) mass is 185 g/mol. The average molecular weight is 185 g/mol. The van der Waals surface area contributed by atoms with Gasteiger partial charge in [0.25, 0.3) is 0 Å². The van der Waals surface area contributed by atoms with Gasteiger partial charge in [0.2, 0.25) is 0 Å². The fourth-order valence-corrected chi connectivity index (χ4v) is 2.02. The van der Waals surface area contributed by atoms with E-state index in [-0.39, 0.29) is 5.54 Å². The quantitative estimate of drug-likeness (QED) is 0.662. The molecule has 2 nitrogen and oxygen atoms in total. The summed E-state index contributed by atoms with van der Waals surface area (Å²) in [4.78, 5) is 0. The van der Waals surface area contributed by atoms with Crippen LogP contribution in [0.1, 0.15) is 46.5 Å². The molecule has 78 valence electrons. The molecule has 2 atom stereocenters. The lowest BCUT2D eigenvalue weighted by atomic mass is 9.90. The Hall–Kier alpha value is -0.0800. The molecule has 2 unspecified atom stereocenters. The Morgan fingerprint density at radius 2 is 2.08 bits per heavy atom. The van der Waals surface area contributed by atoms with Gasteiger partial charge in [-0.25, -0.2) is 0 Å². The van der Waals surface area contributed by atoms with E-state index in [9.17, 15) is 5.11 Å². The number of aliphatic hydroxyl groups excluding tert-OH is 1. The maximum absolute atomic E-state index is 9.47. The highest BCUT2D eigenvalue weighted by Gasteiger charge is 2.43. The van der Waals surface area contributed by atoms with Crippen LogP contribution in [-0.2, 0) is 0 Å². The van der Waals surface area contributed by atoms with Crippen LogP contribution in [-0.4, -0.2) is 23.3 Å². The molecule has 0 amide bonds. The summed E-state index contributed by atoms with van der Waals surface area (Å²) in [5.41, 5.74) is 0.0232. The van der Waals surface area contributed by atoms with Crippen molar-refractivity contribution >= 4 is 0 Å². The van der Waals surface area contributed by atoms with Crippen LogP contribution in [0.4, 0.5) is 0 Å². The molecule has 0 aliphatic heterocycles. The highest BCUT2D eigenvalue weighted by molar-refractivity contribution is 5.00. The van der Waals surface area contributed by atoms with Gasteiger partial charge < -0.3 is 10.4 Å². The molecule has 1 rings (SSSR count). The van der Waals surface area contributed by atoms with E-state index in [1.807, 2.05) is 0 Å². The lowest BCUT2D eigenvalue weighted by Crippen LogP contribution is -2.53. The van der Waals surface area contributed by atoms with Gasteiger partial charge in [-0.2, -0.15) is 0 Å². The van der Waals surface area contributed by atoms with Gasteiger partial charge in [-0.05, 0) is 38.5 Å². The number of hydrogen-bond acceptors (Lipinski definition) is 2. The molecule has 1 aliphatic rings. The molecule has 0 heterocycles. The largest absolute Gasteiger partial charge is 0.394 e. The Morgan fingerprint density at radius 3 is 2.38 bits per heavy atom. The number of aliphatic hydroxyl groups is 1. The summed E-state index contributed by atoms with van der Waals surface area (Å²) in [6.45, 7) is 6.84. The fourth-order valence-electron chi connectivity index (χ4n) is 2.02. The molecule has 13 heavy (non-hydrogen) atoms. The van der Waals surface area contributed by atoms with Gasteiger partial charge in [0.15, 0.2) is 0 Å². The van der Waals surface area contributed by atoms with Crippen molar-refractivity contribution in [3.8, 4) is 0 Å². The SMILES string of the molecule is CCC(C)NC(CC)(CO)C1CC1. The third kappa shape index (κ3) is 2.44. The fraction of sp³-hybridized carbons (Fsp3) is 1.00. The van der Waals surface area contributed by atoms with Crippen molar-refractivity contribution in [2.75, 3.05) is 6.61 Å². The van der Waals surface area contributed by atoms with E-state index >= 15 is 0 Å². The molecule has 0 saturated heterocycles. The van der Waals surface area contributed by atoms with E-state index in [1.54, 1.807) is 0 Å². The second-order valence-electron chi connectivity index (χ2n) is 4.40. The van der Waals surface area contributed by atoms with Crippen LogP contribution in [0.5, 0.6) is 0 Å². The van der Waals surface area contributed by atoms with Gasteiger partial charge in [-0.3, -0.25) is 0 Å². The molecule has 0 spiro atoms. The van der Waals surface area contributed by atoms with Crippen molar-refractivity contribution in [2.45, 2.75) is 58.0 Å². The summed E-state index contributed by atoms with van der Waals surface area (Å²) in [7, 11) is 0. The molecular formula is C11H23NO. The average Bonchev–Trinajstić information content (AvgIpc) is 2.97. The topological polar surface area (TPSA) is 32.3 Å². The third-order valence-electron chi connectivity index (χ3n) is 3.42. The summed E-state index contributed by atoms with van der Waals surface area (Å²) < 4.78 is 0. The van der Waals surface area contributed by atoms with E-state index in [0.29, 0.717) is 12.6 Å². The Bertz CT molecular complexity index is 150. The molecule has 0 bridgehead atoms. The smallest absolute Gasteiger partial charge is 0.0616 e. The zero-order valence-electron chi connectivity index (χ0n) is 9.14. The van der Waals surface area contributed by atoms with E-state index in [2.05, 4.69) is 26.1 Å². The van der Waals surface area contributed by atoms with Crippen LogP contribution in [0, 0.1) is 5.92 Å². The molecule has 1 aliphatic carbocycles. The third-order valence-corrected chi connectivity index (χ3v) is 3.42. The normalized spacial score (nSPS) is 24.0. The Labute approximate surface area is 81.7 Å². The van der Waals surface area contributed by atoms with Gasteiger partial charge in [0, 0.05) is 11.6 Å². The van der Waals surface area contributed by atoms with Crippen molar-refractivity contribution < 1.29 is 5.11 Å². The minimum absolute atomic E-state index is 0.0232. The number of hydrogen-bond donors (Lipinski definition) is 2. The zero-order valence-corrected chi connectivity index (χ0v) is 9.14. The summed E-state index contributed by atoms with van der Waals surface area (Å²) in [5, 5.41) is 13.1. The highest BCUT2D eigenvalue weighted by Crippen LogP contribution is 2.41. The first-order chi connectivity index (χ1) is 6.18. The van der Waals surface area contributed by atoms with Crippen molar-refractivity contribution in [3.05, 3.63) is 0 Å². The second kappa shape index (κ2) is 4.43. The lowest BCUT2D eigenvalue weighted by molar-refractivity contribution is 0.123. The first kappa shape index (κ1) is 11.0. The van der Waals surface area contributed by atoms with Crippen molar-refractivity contribution in [1.82, 2.24) is 5.32 Å². The predicted molar refractivity (Wildman–Crippen MR) is 55.7 cm³/mol. The zero-order chi connectivity index (χ0) is 9.90. The maximum Gasteiger partial charge on any atom is 0.0616 e. The number of rotatable bonds is 6. The summed E-state index contributed by atoms with van der Waals surface area (Å²) in [6, 6.07) is 0.521. The molecule has 0 aromatic rings. The van der Waals surface area contributed by atoms with Crippen LogP contribution in [0.2, 0.25) is 0 Å². The van der Waals surface area contributed by atoms with Crippen LogP contribution in [0.15, 0.2) is 0 Å². The van der Waals surface area contributed by atoms with Crippen molar-refractivity contribution in [2.24, 2.45) is 5.92 Å². The minimum Gasteiger partial charge on any atom is -0.394 e. The molecule has 2 N–H and O–H groups in total. The molecular weight excluding hydrogens is 162 g/mol. The summed E-state index contributed by atoms with van der Waals surface area (Å²) in [5.74, 6) is 0.719. The summed E-state index contributed by atoms with van der Waals surface area (Å²) >= 11 is 0. The van der Waals surface area contributed by atoms with Crippen LogP contribution in [0.25, 0.3) is 0 Å². The highest BCUT2D eigenvalue weighted by atomic mass is 16.3. The maximum atomic E-state index is 9.47. The van der Waals surface area contributed by atoms with Gasteiger partial charge in [-0.1, -0.05) is 13.8 Å². The predicted octanol–water partition coefficient (Wildman–Crippen LogP) is 1.93. The molecule has 0 aromatic heterocycles. The molecule has 2 heteroatoms. The van der Waals surface area contributed by atoms with Crippen LogP contribution < -0.4 is 5.32 Å². The molecule has 1 saturated carbocycles. The van der Waals surface area contributed by atoms with Gasteiger partial charge in [-0.15, -0.1) is 0 Å². The standard InChI is InChI=1S/C11H23NO/c1-4-9(3)12-11(5-2,8-13)10-6-7-10/h9-10,12-13H,4-8H2,1-3H3. The van der Waals surface area contributed by atoms with Crippen LogP contribution >= 0.6 is 0 Å². The van der Waals surface area contributed by atoms with E-state index < -0.39 is 0 Å². The Balaban J connectivity index is 2.54. The first-order valence-corrected chi connectivity index (χ1v) is 5.57. The second-order valence-corrected chi connectivity index (χ2v) is 4.40. The first-order valence-electron chi connectivity index (χ1n) is 5.57. The summed E-state index contributed by atoms with van der Waals surface area (Å²) in [6.07, 6.45) is 4.75. The molecule has 0 radical (unpaired) electrons. The molecule has 1 fully saturated rings. The minimum atomic E-state index is 0.0232. The van der Waals surface area contributed by atoms with Crippen molar-refractivity contribution in [1.29, 1.82) is 0 Å². The van der Waals surface area contributed by atoms with E-state index in [4.69, 9.17) is 0 Å². The Morgan fingerprint density at radius 1 is 1.46 bits per heavy atom. The van der Waals surface area contributed by atoms with Gasteiger partial charge in [0.05, 0.1) is 6.61 Å².